The van der Waals surface area contributed by atoms with Crippen molar-refractivity contribution < 1.29 is 9.13 Å². The predicted molar refractivity (Wildman–Crippen MR) is 68.5 cm³/mol. The Hall–Kier alpha value is -0.830. The first kappa shape index (κ1) is 13.2. The molecule has 0 fully saturated rings. The minimum Gasteiger partial charge on any atom is -0.483 e. The van der Waals surface area contributed by atoms with E-state index in [1.54, 1.807) is 0 Å². The van der Waals surface area contributed by atoms with Crippen molar-refractivity contribution >= 4 is 15.9 Å². The summed E-state index contributed by atoms with van der Waals surface area (Å²) in [4.78, 5) is 0. The average molecular weight is 287 g/mol. The van der Waals surface area contributed by atoms with Gasteiger partial charge in [-0.3, -0.25) is 0 Å². The standard InChI is InChI=1S/C13H16BrFO/c1-3-13(4-2,10-12(14)15)16-11-8-6-5-7-9-11/h5-10H,3-4H2,1-2H3/b12-10+. The average Bonchev–Trinajstić information content (AvgIpc) is 2.29. The van der Waals surface area contributed by atoms with Crippen LogP contribution in [-0.2, 0) is 0 Å². The highest BCUT2D eigenvalue weighted by atomic mass is 79.9. The lowest BCUT2D eigenvalue weighted by Crippen LogP contribution is -2.32. The Morgan fingerprint density at radius 1 is 1.31 bits per heavy atom. The maximum absolute atomic E-state index is 13.0. The minimum atomic E-state index is -0.574. The molecule has 0 aromatic heterocycles. The van der Waals surface area contributed by atoms with E-state index >= 15 is 0 Å². The van der Waals surface area contributed by atoms with E-state index < -0.39 is 5.60 Å². The van der Waals surface area contributed by atoms with Gasteiger partial charge in [-0.05, 0) is 40.9 Å². The predicted octanol–water partition coefficient (Wildman–Crippen LogP) is 4.83. The normalized spacial score (nSPS) is 12.6. The molecule has 0 spiro atoms. The molecule has 16 heavy (non-hydrogen) atoms. The van der Waals surface area contributed by atoms with Crippen molar-refractivity contribution in [3.05, 3.63) is 41.1 Å². The van der Waals surface area contributed by atoms with Crippen LogP contribution in [0.2, 0.25) is 0 Å². The van der Waals surface area contributed by atoms with Gasteiger partial charge in [-0.2, -0.15) is 4.39 Å². The Labute approximate surface area is 104 Å². The molecule has 1 rings (SSSR count). The summed E-state index contributed by atoms with van der Waals surface area (Å²) < 4.78 is 18.5. The van der Waals surface area contributed by atoms with Crippen molar-refractivity contribution in [1.82, 2.24) is 0 Å². The molecular formula is C13H16BrFO. The Bertz CT molecular complexity index is 340. The second-order valence-corrected chi connectivity index (χ2v) is 4.38. The Morgan fingerprint density at radius 2 is 1.88 bits per heavy atom. The van der Waals surface area contributed by atoms with Crippen LogP contribution >= 0.6 is 15.9 Å². The smallest absolute Gasteiger partial charge is 0.165 e. The van der Waals surface area contributed by atoms with Crippen molar-refractivity contribution in [3.63, 3.8) is 0 Å². The molecule has 0 unspecified atom stereocenters. The van der Waals surface area contributed by atoms with Gasteiger partial charge in [0.1, 0.15) is 11.4 Å². The molecule has 0 aliphatic carbocycles. The Morgan fingerprint density at radius 3 is 2.31 bits per heavy atom. The monoisotopic (exact) mass is 286 g/mol. The van der Waals surface area contributed by atoms with Gasteiger partial charge in [0, 0.05) is 6.08 Å². The van der Waals surface area contributed by atoms with Gasteiger partial charge < -0.3 is 4.74 Å². The summed E-state index contributed by atoms with van der Waals surface area (Å²) in [7, 11) is 0. The van der Waals surface area contributed by atoms with Crippen LogP contribution in [0.15, 0.2) is 41.1 Å². The first-order valence-corrected chi connectivity index (χ1v) is 6.19. The summed E-state index contributed by atoms with van der Waals surface area (Å²) in [5.74, 6) is 0.760. The Kier molecular flexibility index (Phi) is 5.00. The van der Waals surface area contributed by atoms with E-state index in [1.807, 2.05) is 44.2 Å². The molecule has 88 valence electrons. The van der Waals surface area contributed by atoms with E-state index in [1.165, 1.54) is 6.08 Å². The van der Waals surface area contributed by atoms with Crippen LogP contribution in [0.25, 0.3) is 0 Å². The molecule has 0 aliphatic rings. The van der Waals surface area contributed by atoms with Crippen LogP contribution in [0.1, 0.15) is 26.7 Å². The van der Waals surface area contributed by atoms with E-state index in [2.05, 4.69) is 15.9 Å². The number of halogens is 2. The number of para-hydroxylation sites is 1. The summed E-state index contributed by atoms with van der Waals surface area (Å²) in [6.45, 7) is 3.97. The first-order valence-electron chi connectivity index (χ1n) is 5.40. The lowest BCUT2D eigenvalue weighted by molar-refractivity contribution is 0.109. The third-order valence-corrected chi connectivity index (χ3v) is 2.86. The van der Waals surface area contributed by atoms with Gasteiger partial charge in [-0.15, -0.1) is 0 Å². The highest BCUT2D eigenvalue weighted by Crippen LogP contribution is 2.28. The number of ether oxygens (including phenoxy) is 1. The van der Waals surface area contributed by atoms with E-state index in [-0.39, 0.29) is 4.74 Å². The van der Waals surface area contributed by atoms with E-state index in [0.29, 0.717) is 0 Å². The molecule has 0 N–H and O–H groups in total. The van der Waals surface area contributed by atoms with Crippen LogP contribution in [0.5, 0.6) is 5.75 Å². The molecule has 0 aliphatic heterocycles. The van der Waals surface area contributed by atoms with E-state index in [0.717, 1.165) is 18.6 Å². The third kappa shape index (κ3) is 3.63. The third-order valence-electron chi connectivity index (χ3n) is 2.63. The van der Waals surface area contributed by atoms with Crippen LogP contribution in [-0.4, -0.2) is 5.60 Å². The SMILES string of the molecule is CCC(/C=C(/F)Br)(CC)Oc1ccccc1. The van der Waals surface area contributed by atoms with Crippen molar-refractivity contribution in [2.45, 2.75) is 32.3 Å². The van der Waals surface area contributed by atoms with Crippen LogP contribution in [0.3, 0.4) is 0 Å². The summed E-state index contributed by atoms with van der Waals surface area (Å²) >= 11 is 2.82. The quantitative estimate of drug-likeness (QED) is 0.753. The second kappa shape index (κ2) is 6.04. The van der Waals surface area contributed by atoms with Gasteiger partial charge >= 0.3 is 0 Å². The summed E-state index contributed by atoms with van der Waals surface area (Å²) in [5, 5.41) is 0. The summed E-state index contributed by atoms with van der Waals surface area (Å²) in [5.41, 5.74) is -0.574. The highest BCUT2D eigenvalue weighted by Gasteiger charge is 2.26. The zero-order valence-electron chi connectivity index (χ0n) is 9.54. The summed E-state index contributed by atoms with van der Waals surface area (Å²) in [6.07, 6.45) is 2.93. The van der Waals surface area contributed by atoms with Gasteiger partial charge in [0.05, 0.1) is 0 Å². The molecule has 0 heterocycles. The molecule has 0 saturated carbocycles. The Balaban J connectivity index is 2.91. The van der Waals surface area contributed by atoms with Gasteiger partial charge in [-0.1, -0.05) is 32.0 Å². The fourth-order valence-corrected chi connectivity index (χ4v) is 1.97. The van der Waals surface area contributed by atoms with Crippen LogP contribution < -0.4 is 4.74 Å². The molecule has 1 aromatic rings. The summed E-state index contributed by atoms with van der Waals surface area (Å²) in [6, 6.07) is 9.48. The zero-order valence-corrected chi connectivity index (χ0v) is 11.1. The molecule has 0 radical (unpaired) electrons. The molecule has 1 aromatic carbocycles. The number of benzene rings is 1. The molecule has 0 bridgehead atoms. The van der Waals surface area contributed by atoms with Crippen molar-refractivity contribution in [3.8, 4) is 5.75 Å². The number of hydrogen-bond acceptors (Lipinski definition) is 1. The number of hydrogen-bond donors (Lipinski definition) is 0. The van der Waals surface area contributed by atoms with Gasteiger partial charge in [-0.25, -0.2) is 0 Å². The van der Waals surface area contributed by atoms with Gasteiger partial charge in [0.15, 0.2) is 4.74 Å². The largest absolute Gasteiger partial charge is 0.483 e. The second-order valence-electron chi connectivity index (χ2n) is 3.62. The lowest BCUT2D eigenvalue weighted by atomic mass is 9.97. The first-order chi connectivity index (χ1) is 7.62. The van der Waals surface area contributed by atoms with Gasteiger partial charge in [0.2, 0.25) is 0 Å². The molecule has 0 saturated heterocycles. The maximum Gasteiger partial charge on any atom is 0.165 e. The van der Waals surface area contributed by atoms with Crippen LogP contribution in [0, 0.1) is 0 Å². The number of rotatable bonds is 5. The zero-order chi connectivity index (χ0) is 12.0. The van der Waals surface area contributed by atoms with Crippen molar-refractivity contribution in [1.29, 1.82) is 0 Å². The molecular weight excluding hydrogens is 271 g/mol. The minimum absolute atomic E-state index is 0.382. The maximum atomic E-state index is 13.0. The van der Waals surface area contributed by atoms with Gasteiger partial charge in [0.25, 0.3) is 0 Å². The fourth-order valence-electron chi connectivity index (χ4n) is 1.55. The topological polar surface area (TPSA) is 9.23 Å². The van der Waals surface area contributed by atoms with Crippen molar-refractivity contribution in [2.24, 2.45) is 0 Å². The molecule has 0 amide bonds. The molecule has 3 heteroatoms. The van der Waals surface area contributed by atoms with Crippen LogP contribution in [0.4, 0.5) is 4.39 Å². The highest BCUT2D eigenvalue weighted by molar-refractivity contribution is 9.11. The van der Waals surface area contributed by atoms with E-state index in [9.17, 15) is 4.39 Å². The van der Waals surface area contributed by atoms with Crippen molar-refractivity contribution in [2.75, 3.05) is 0 Å². The lowest BCUT2D eigenvalue weighted by Gasteiger charge is -2.29. The molecule has 1 nitrogen and oxygen atoms in total. The molecule has 0 atom stereocenters. The fraction of sp³-hybridized carbons (Fsp3) is 0.385. The van der Waals surface area contributed by atoms with E-state index in [4.69, 9.17) is 4.74 Å².